The highest BCUT2D eigenvalue weighted by molar-refractivity contribution is 6.15. The highest BCUT2D eigenvalue weighted by atomic mass is 15.1. The Hall–Kier alpha value is -0.625. The second kappa shape index (κ2) is 5.19. The summed E-state index contributed by atoms with van der Waals surface area (Å²) in [5, 5.41) is 4.02. The zero-order valence-electron chi connectivity index (χ0n) is 13.9. The predicted molar refractivity (Wildman–Crippen MR) is 89.6 cm³/mol. The van der Waals surface area contributed by atoms with Gasteiger partial charge in [-0.25, -0.2) is 0 Å². The van der Waals surface area contributed by atoms with Gasteiger partial charge in [0.1, 0.15) is 0 Å². The summed E-state index contributed by atoms with van der Waals surface area (Å²) in [5.74, 6) is 4.07. The molecule has 0 spiro atoms. The lowest BCUT2D eigenvalue weighted by Crippen LogP contribution is -2.59. The van der Waals surface area contributed by atoms with Crippen LogP contribution in [0.2, 0.25) is 5.31 Å². The van der Waals surface area contributed by atoms with Crippen LogP contribution in [0.1, 0.15) is 64.7 Å². The molecule has 0 heterocycles. The van der Waals surface area contributed by atoms with Crippen molar-refractivity contribution in [3.63, 3.8) is 0 Å². The molecule has 2 radical (unpaired) electrons. The van der Waals surface area contributed by atoms with Gasteiger partial charge in [-0.3, -0.25) is 0 Å². The summed E-state index contributed by atoms with van der Waals surface area (Å²) in [4.78, 5) is 3.11. The summed E-state index contributed by atoms with van der Waals surface area (Å²) >= 11 is 0. The first-order valence-electron chi connectivity index (χ1n) is 9.37. The molecule has 4 saturated carbocycles. The summed E-state index contributed by atoms with van der Waals surface area (Å²) in [6.45, 7) is 2.99. The van der Waals surface area contributed by atoms with Gasteiger partial charge in [0, 0.05) is 11.5 Å². The van der Waals surface area contributed by atoms with Crippen molar-refractivity contribution >= 4 is 7.85 Å². The molecule has 4 aliphatic carbocycles. The van der Waals surface area contributed by atoms with E-state index in [1.165, 1.54) is 51.4 Å². The van der Waals surface area contributed by atoms with E-state index < -0.39 is 0 Å². The summed E-state index contributed by atoms with van der Waals surface area (Å²) < 4.78 is 0. The maximum atomic E-state index is 8.91. The summed E-state index contributed by atoms with van der Waals surface area (Å²) in [6, 6.07) is 0. The molecule has 4 heteroatoms. The highest BCUT2D eigenvalue weighted by Crippen LogP contribution is 2.70. The number of azide groups is 1. The molecule has 118 valence electrons. The lowest BCUT2D eigenvalue weighted by molar-refractivity contribution is -0.140. The van der Waals surface area contributed by atoms with E-state index in [0.29, 0.717) is 12.5 Å². The summed E-state index contributed by atoms with van der Waals surface area (Å²) in [6.07, 6.45) is 12.0. The van der Waals surface area contributed by atoms with Crippen molar-refractivity contribution in [2.75, 3.05) is 6.54 Å². The lowest BCUT2D eigenvalue weighted by atomic mass is 9.35. The van der Waals surface area contributed by atoms with Crippen molar-refractivity contribution < 1.29 is 0 Å². The van der Waals surface area contributed by atoms with Crippen LogP contribution in [0.4, 0.5) is 0 Å². The standard InChI is InChI=1S/C18H28BN3/c1-17(19)10-18(11-21-22-20)9-3-5-13-8-7-12-4-2-6-14(17)15(12)16(13)18/h12-16H,2-11H2,1H3. The Morgan fingerprint density at radius 1 is 1.14 bits per heavy atom. The fourth-order valence-electron chi connectivity index (χ4n) is 7.51. The molecule has 3 nitrogen and oxygen atoms in total. The molecular weight excluding hydrogens is 269 g/mol. The third-order valence-electron chi connectivity index (χ3n) is 7.92. The fourth-order valence-corrected chi connectivity index (χ4v) is 7.51. The molecule has 22 heavy (non-hydrogen) atoms. The smallest absolute Gasteiger partial charge is 0.0746 e. The van der Waals surface area contributed by atoms with Crippen molar-refractivity contribution in [1.29, 1.82) is 0 Å². The minimum atomic E-state index is -0.0654. The Morgan fingerprint density at radius 3 is 2.73 bits per heavy atom. The minimum Gasteiger partial charge on any atom is -0.0934 e. The van der Waals surface area contributed by atoms with Crippen LogP contribution >= 0.6 is 0 Å². The first-order chi connectivity index (χ1) is 10.6. The van der Waals surface area contributed by atoms with Crippen LogP contribution in [-0.2, 0) is 0 Å². The minimum absolute atomic E-state index is 0.0654. The van der Waals surface area contributed by atoms with Crippen LogP contribution < -0.4 is 0 Å². The van der Waals surface area contributed by atoms with E-state index in [4.69, 9.17) is 13.4 Å². The van der Waals surface area contributed by atoms with Crippen LogP contribution in [-0.4, -0.2) is 14.4 Å². The van der Waals surface area contributed by atoms with Gasteiger partial charge in [-0.05, 0) is 66.2 Å². The Bertz CT molecular complexity index is 499. The highest BCUT2D eigenvalue weighted by Gasteiger charge is 2.61. The maximum Gasteiger partial charge on any atom is 0.0746 e. The van der Waals surface area contributed by atoms with Gasteiger partial charge in [-0.2, -0.15) is 0 Å². The van der Waals surface area contributed by atoms with Crippen LogP contribution in [0.15, 0.2) is 5.11 Å². The molecular formula is C18H28BN3. The van der Waals surface area contributed by atoms with Crippen LogP contribution in [0, 0.1) is 35.0 Å². The predicted octanol–water partition coefficient (Wildman–Crippen LogP) is 5.28. The molecule has 0 N–H and O–H groups in total. The molecule has 0 aromatic carbocycles. The maximum absolute atomic E-state index is 8.91. The lowest BCUT2D eigenvalue weighted by Gasteiger charge is -2.67. The van der Waals surface area contributed by atoms with Crippen molar-refractivity contribution in [1.82, 2.24) is 0 Å². The molecule has 0 bridgehead atoms. The molecule has 0 saturated heterocycles. The molecule has 0 aliphatic heterocycles. The SMILES string of the molecule is [B]C1(C)CC2(CN=[N+]=[N-])CCCC3CCC4CCCC1C4C32. The Morgan fingerprint density at radius 2 is 1.91 bits per heavy atom. The Balaban J connectivity index is 1.78. The van der Waals surface area contributed by atoms with Crippen LogP contribution in [0.25, 0.3) is 10.4 Å². The van der Waals surface area contributed by atoms with Crippen molar-refractivity contribution in [2.45, 2.75) is 70.0 Å². The number of rotatable bonds is 2. The van der Waals surface area contributed by atoms with E-state index >= 15 is 0 Å². The third-order valence-corrected chi connectivity index (χ3v) is 7.92. The fraction of sp³-hybridized carbons (Fsp3) is 1.00. The quantitative estimate of drug-likeness (QED) is 0.288. The van der Waals surface area contributed by atoms with Crippen molar-refractivity contribution in [3.05, 3.63) is 10.4 Å². The second-order valence-electron chi connectivity index (χ2n) is 9.06. The molecule has 4 aliphatic rings. The van der Waals surface area contributed by atoms with E-state index in [-0.39, 0.29) is 10.7 Å². The van der Waals surface area contributed by atoms with E-state index in [2.05, 4.69) is 16.9 Å². The average Bonchev–Trinajstić information content (AvgIpc) is 2.51. The zero-order valence-corrected chi connectivity index (χ0v) is 13.9. The van der Waals surface area contributed by atoms with E-state index in [1.54, 1.807) is 0 Å². The number of hydrogen-bond donors (Lipinski definition) is 0. The molecule has 0 aromatic heterocycles. The molecule has 4 rings (SSSR count). The van der Waals surface area contributed by atoms with E-state index in [9.17, 15) is 0 Å². The molecule has 0 amide bonds. The Kier molecular flexibility index (Phi) is 3.53. The molecule has 7 unspecified atom stereocenters. The second-order valence-corrected chi connectivity index (χ2v) is 9.06. The average molecular weight is 297 g/mol. The topological polar surface area (TPSA) is 48.8 Å². The molecule has 7 atom stereocenters. The van der Waals surface area contributed by atoms with Gasteiger partial charge < -0.3 is 0 Å². The zero-order chi connectivity index (χ0) is 15.4. The van der Waals surface area contributed by atoms with Crippen molar-refractivity contribution in [2.24, 2.45) is 40.1 Å². The van der Waals surface area contributed by atoms with Gasteiger partial charge >= 0.3 is 0 Å². The van der Waals surface area contributed by atoms with Crippen LogP contribution in [0.3, 0.4) is 0 Å². The van der Waals surface area contributed by atoms with Gasteiger partial charge in [0.25, 0.3) is 0 Å². The Labute approximate surface area is 135 Å². The van der Waals surface area contributed by atoms with E-state index in [0.717, 1.165) is 30.1 Å². The monoisotopic (exact) mass is 297 g/mol. The van der Waals surface area contributed by atoms with Gasteiger partial charge in [-0.1, -0.05) is 49.5 Å². The third kappa shape index (κ3) is 2.06. The number of nitrogens with zero attached hydrogens (tertiary/aromatic N) is 3. The van der Waals surface area contributed by atoms with Gasteiger partial charge in [0.15, 0.2) is 0 Å². The normalized spacial score (nSPS) is 53.2. The molecule has 0 aromatic rings. The first kappa shape index (κ1) is 14.9. The van der Waals surface area contributed by atoms with Crippen LogP contribution in [0.5, 0.6) is 0 Å². The van der Waals surface area contributed by atoms with Crippen molar-refractivity contribution in [3.8, 4) is 0 Å². The number of hydrogen-bond acceptors (Lipinski definition) is 1. The first-order valence-corrected chi connectivity index (χ1v) is 9.37. The summed E-state index contributed by atoms with van der Waals surface area (Å²) in [7, 11) is 6.89. The largest absolute Gasteiger partial charge is 0.0934 e. The van der Waals surface area contributed by atoms with Gasteiger partial charge in [0.05, 0.1) is 7.85 Å². The summed E-state index contributed by atoms with van der Waals surface area (Å²) in [5.41, 5.74) is 9.11. The van der Waals surface area contributed by atoms with Gasteiger partial charge in [0.2, 0.25) is 0 Å². The van der Waals surface area contributed by atoms with Gasteiger partial charge in [-0.15, -0.1) is 0 Å². The molecule has 4 fully saturated rings. The van der Waals surface area contributed by atoms with E-state index in [1.807, 2.05) is 0 Å².